The average molecular weight is 308 g/mol. The van der Waals surface area contributed by atoms with Crippen molar-refractivity contribution in [3.63, 3.8) is 0 Å². The van der Waals surface area contributed by atoms with E-state index in [0.717, 1.165) is 16.5 Å². The van der Waals surface area contributed by atoms with Crippen molar-refractivity contribution in [3.05, 3.63) is 71.9 Å². The van der Waals surface area contributed by atoms with Crippen molar-refractivity contribution in [2.45, 2.75) is 12.5 Å². The van der Waals surface area contributed by atoms with Gasteiger partial charge < -0.3 is 15.4 Å². The van der Waals surface area contributed by atoms with E-state index in [9.17, 15) is 14.7 Å². The second kappa shape index (κ2) is 6.36. The van der Waals surface area contributed by atoms with Crippen molar-refractivity contribution in [2.24, 2.45) is 0 Å². The minimum Gasteiger partial charge on any atom is -0.480 e. The van der Waals surface area contributed by atoms with Crippen LogP contribution >= 0.6 is 0 Å². The summed E-state index contributed by atoms with van der Waals surface area (Å²) in [5.41, 5.74) is 2.15. The molecule has 2 aromatic carbocycles. The predicted octanol–water partition coefficient (Wildman–Crippen LogP) is 2.59. The number of fused-ring (bicyclic) bond motifs is 1. The van der Waals surface area contributed by atoms with Crippen molar-refractivity contribution in [2.75, 3.05) is 0 Å². The molecule has 0 radical (unpaired) electrons. The van der Waals surface area contributed by atoms with Crippen molar-refractivity contribution in [1.82, 2.24) is 10.3 Å². The minimum atomic E-state index is -1.05. The van der Waals surface area contributed by atoms with E-state index in [2.05, 4.69) is 10.3 Å². The number of rotatable bonds is 5. The van der Waals surface area contributed by atoms with E-state index in [0.29, 0.717) is 5.56 Å². The molecule has 3 rings (SSSR count). The van der Waals surface area contributed by atoms with Gasteiger partial charge in [-0.05, 0) is 11.6 Å². The van der Waals surface area contributed by atoms with Gasteiger partial charge in [-0.2, -0.15) is 0 Å². The van der Waals surface area contributed by atoms with Crippen molar-refractivity contribution in [1.29, 1.82) is 0 Å². The number of benzene rings is 2. The molecule has 0 aliphatic carbocycles. The van der Waals surface area contributed by atoms with Crippen LogP contribution in [-0.4, -0.2) is 28.0 Å². The number of aromatic amines is 1. The third kappa shape index (κ3) is 3.23. The van der Waals surface area contributed by atoms with Crippen molar-refractivity contribution in [3.8, 4) is 0 Å². The van der Waals surface area contributed by atoms with E-state index >= 15 is 0 Å². The maximum atomic E-state index is 12.4. The van der Waals surface area contributed by atoms with E-state index in [1.807, 2.05) is 54.6 Å². The zero-order valence-corrected chi connectivity index (χ0v) is 12.3. The van der Waals surface area contributed by atoms with Crippen LogP contribution in [-0.2, 0) is 11.2 Å². The van der Waals surface area contributed by atoms with Crippen LogP contribution in [0, 0.1) is 0 Å². The first-order chi connectivity index (χ1) is 11.1. The summed E-state index contributed by atoms with van der Waals surface area (Å²) < 4.78 is 0. The summed E-state index contributed by atoms with van der Waals surface area (Å²) in [4.78, 5) is 26.9. The average Bonchev–Trinajstić information content (AvgIpc) is 2.99. The van der Waals surface area contributed by atoms with Gasteiger partial charge in [0.25, 0.3) is 5.91 Å². The fraction of sp³-hybridized carbons (Fsp3) is 0.111. The van der Waals surface area contributed by atoms with Crippen LogP contribution in [0.4, 0.5) is 0 Å². The third-order valence-corrected chi connectivity index (χ3v) is 3.72. The van der Waals surface area contributed by atoms with Gasteiger partial charge in [-0.15, -0.1) is 0 Å². The summed E-state index contributed by atoms with van der Waals surface area (Å²) in [6.45, 7) is 0. The van der Waals surface area contributed by atoms with Crippen LogP contribution in [0.25, 0.3) is 10.9 Å². The second-order valence-electron chi connectivity index (χ2n) is 5.30. The number of aromatic nitrogens is 1. The number of carboxylic acids is 1. The summed E-state index contributed by atoms with van der Waals surface area (Å²) in [5, 5.41) is 12.7. The molecule has 1 heterocycles. The van der Waals surface area contributed by atoms with Crippen LogP contribution in [0.2, 0.25) is 0 Å². The van der Waals surface area contributed by atoms with Gasteiger partial charge >= 0.3 is 5.97 Å². The molecule has 1 amide bonds. The number of hydrogen-bond acceptors (Lipinski definition) is 2. The SMILES string of the molecule is O=C(N[C@@H](Cc1ccccc1)C(=O)O)c1c[nH]c2ccccc12. The molecule has 5 nitrogen and oxygen atoms in total. The summed E-state index contributed by atoms with van der Waals surface area (Å²) >= 11 is 0. The number of carbonyl (C=O) groups is 2. The van der Waals surface area contributed by atoms with E-state index in [4.69, 9.17) is 0 Å². The van der Waals surface area contributed by atoms with Gasteiger partial charge in [-0.25, -0.2) is 4.79 Å². The first kappa shape index (κ1) is 14.8. The van der Waals surface area contributed by atoms with Gasteiger partial charge in [-0.1, -0.05) is 48.5 Å². The molecule has 0 aliphatic heterocycles. The highest BCUT2D eigenvalue weighted by atomic mass is 16.4. The normalized spacial score (nSPS) is 12.0. The Balaban J connectivity index is 1.80. The lowest BCUT2D eigenvalue weighted by Crippen LogP contribution is -2.42. The van der Waals surface area contributed by atoms with Gasteiger partial charge in [-0.3, -0.25) is 4.79 Å². The first-order valence-corrected chi connectivity index (χ1v) is 7.29. The topological polar surface area (TPSA) is 82.2 Å². The lowest BCUT2D eigenvalue weighted by atomic mass is 10.1. The Labute approximate surface area is 133 Å². The fourth-order valence-corrected chi connectivity index (χ4v) is 2.55. The first-order valence-electron chi connectivity index (χ1n) is 7.29. The molecule has 23 heavy (non-hydrogen) atoms. The number of hydrogen-bond donors (Lipinski definition) is 3. The molecule has 0 unspecified atom stereocenters. The molecule has 1 aromatic heterocycles. The molecule has 0 fully saturated rings. The fourth-order valence-electron chi connectivity index (χ4n) is 2.55. The van der Waals surface area contributed by atoms with Crippen LogP contribution in [0.1, 0.15) is 15.9 Å². The van der Waals surface area contributed by atoms with Crippen LogP contribution < -0.4 is 5.32 Å². The molecule has 0 aliphatic rings. The van der Waals surface area contributed by atoms with Crippen LogP contribution in [0.3, 0.4) is 0 Å². The molecule has 0 bridgehead atoms. The van der Waals surface area contributed by atoms with Gasteiger partial charge in [0.1, 0.15) is 6.04 Å². The lowest BCUT2D eigenvalue weighted by molar-refractivity contribution is -0.139. The smallest absolute Gasteiger partial charge is 0.326 e. The number of carboxylic acid groups (broad SMARTS) is 1. The Morgan fingerprint density at radius 1 is 1.04 bits per heavy atom. The van der Waals surface area contributed by atoms with Gasteiger partial charge in [0.15, 0.2) is 0 Å². The summed E-state index contributed by atoms with van der Waals surface area (Å²) in [7, 11) is 0. The zero-order chi connectivity index (χ0) is 16.2. The highest BCUT2D eigenvalue weighted by Gasteiger charge is 2.22. The maximum absolute atomic E-state index is 12.4. The number of amides is 1. The number of carbonyl (C=O) groups excluding carboxylic acids is 1. The standard InChI is InChI=1S/C18H16N2O3/c21-17(14-11-19-15-9-5-4-8-13(14)15)20-16(18(22)23)10-12-6-2-1-3-7-12/h1-9,11,16,19H,10H2,(H,20,21)(H,22,23)/t16-/m0/s1. The predicted molar refractivity (Wildman–Crippen MR) is 87.3 cm³/mol. The summed E-state index contributed by atoms with van der Waals surface area (Å²) in [6.07, 6.45) is 1.84. The molecule has 0 spiro atoms. The monoisotopic (exact) mass is 308 g/mol. The number of aliphatic carboxylic acids is 1. The Morgan fingerprint density at radius 2 is 1.74 bits per heavy atom. The quantitative estimate of drug-likeness (QED) is 0.677. The Hall–Kier alpha value is -3.08. The van der Waals surface area contributed by atoms with Crippen LogP contribution in [0.5, 0.6) is 0 Å². The van der Waals surface area contributed by atoms with E-state index in [1.165, 1.54) is 0 Å². The molecule has 0 saturated carbocycles. The van der Waals surface area contributed by atoms with Gasteiger partial charge in [0.2, 0.25) is 0 Å². The molecular formula is C18H16N2O3. The minimum absolute atomic E-state index is 0.240. The highest BCUT2D eigenvalue weighted by molar-refractivity contribution is 6.07. The van der Waals surface area contributed by atoms with Crippen molar-refractivity contribution >= 4 is 22.8 Å². The van der Waals surface area contributed by atoms with E-state index in [1.54, 1.807) is 6.20 Å². The Morgan fingerprint density at radius 3 is 2.48 bits per heavy atom. The number of para-hydroxylation sites is 1. The maximum Gasteiger partial charge on any atom is 0.326 e. The molecular weight excluding hydrogens is 292 g/mol. The van der Waals surface area contributed by atoms with E-state index < -0.39 is 17.9 Å². The van der Waals surface area contributed by atoms with E-state index in [-0.39, 0.29) is 6.42 Å². The molecule has 1 atom stereocenters. The summed E-state index contributed by atoms with van der Waals surface area (Å²) in [5.74, 6) is -1.45. The third-order valence-electron chi connectivity index (χ3n) is 3.72. The molecule has 5 heteroatoms. The molecule has 3 N–H and O–H groups in total. The number of H-pyrrole nitrogens is 1. The molecule has 3 aromatic rings. The Kier molecular flexibility index (Phi) is 4.10. The Bertz CT molecular complexity index is 840. The zero-order valence-electron chi connectivity index (χ0n) is 12.3. The van der Waals surface area contributed by atoms with Crippen molar-refractivity contribution < 1.29 is 14.7 Å². The largest absolute Gasteiger partial charge is 0.480 e. The van der Waals surface area contributed by atoms with Crippen LogP contribution in [0.15, 0.2) is 60.8 Å². The number of nitrogens with one attached hydrogen (secondary N) is 2. The van der Waals surface area contributed by atoms with Gasteiger partial charge in [0.05, 0.1) is 5.56 Å². The van der Waals surface area contributed by atoms with Gasteiger partial charge in [0, 0.05) is 23.5 Å². The summed E-state index contributed by atoms with van der Waals surface area (Å²) in [6, 6.07) is 15.7. The molecule has 0 saturated heterocycles. The second-order valence-corrected chi connectivity index (χ2v) is 5.30. The highest BCUT2D eigenvalue weighted by Crippen LogP contribution is 2.17. The molecule has 116 valence electrons. The lowest BCUT2D eigenvalue weighted by Gasteiger charge is -2.14.